The van der Waals surface area contributed by atoms with Crippen LogP contribution in [0.15, 0.2) is 36.4 Å². The summed E-state index contributed by atoms with van der Waals surface area (Å²) in [5.74, 6) is 1.14. The molecule has 21 heavy (non-hydrogen) atoms. The first-order chi connectivity index (χ1) is 10.1. The summed E-state index contributed by atoms with van der Waals surface area (Å²) in [6.45, 7) is 0.544. The lowest BCUT2D eigenvalue weighted by Gasteiger charge is -2.08. The number of nitrogens with two attached hydrogens (primary N) is 1. The quantitative estimate of drug-likeness (QED) is 0.855. The molecule has 0 aliphatic carbocycles. The zero-order valence-electron chi connectivity index (χ0n) is 11.1. The Bertz CT molecular complexity index is 703. The van der Waals surface area contributed by atoms with Gasteiger partial charge in [0, 0.05) is 17.7 Å². The van der Waals surface area contributed by atoms with E-state index in [2.05, 4.69) is 5.32 Å². The Labute approximate surface area is 126 Å². The van der Waals surface area contributed by atoms with Crippen LogP contribution in [0.3, 0.4) is 0 Å². The fourth-order valence-corrected chi connectivity index (χ4v) is 2.21. The number of fused-ring (bicyclic) bond motifs is 1. The maximum Gasteiger partial charge on any atom is 0.251 e. The molecule has 0 saturated carbocycles. The smallest absolute Gasteiger partial charge is 0.251 e. The van der Waals surface area contributed by atoms with Gasteiger partial charge in [-0.25, -0.2) is 0 Å². The lowest BCUT2D eigenvalue weighted by molar-refractivity contribution is 0.0950. The largest absolute Gasteiger partial charge is 0.454 e. The molecule has 0 atom stereocenters. The summed E-state index contributed by atoms with van der Waals surface area (Å²) in [5, 5.41) is 3.25. The highest BCUT2D eigenvalue weighted by molar-refractivity contribution is 6.33. The molecule has 0 bridgehead atoms. The first-order valence-corrected chi connectivity index (χ1v) is 6.73. The minimum absolute atomic E-state index is 0.202. The molecular formula is C15H13ClN2O3. The topological polar surface area (TPSA) is 73.6 Å². The maximum absolute atomic E-state index is 12.1. The maximum atomic E-state index is 12.1. The van der Waals surface area contributed by atoms with Crippen molar-refractivity contribution in [3.8, 4) is 11.5 Å². The number of benzene rings is 2. The third-order valence-electron chi connectivity index (χ3n) is 3.18. The molecule has 5 nitrogen and oxygen atoms in total. The van der Waals surface area contributed by atoms with Crippen molar-refractivity contribution in [3.05, 3.63) is 52.5 Å². The Kier molecular flexibility index (Phi) is 3.58. The standard InChI is InChI=1S/C15H13ClN2O3/c16-11-5-4-9(6-12(11)17)15(19)18-7-10-2-1-3-13-14(10)21-8-20-13/h1-6H,7-8,17H2,(H,18,19). The van der Waals surface area contributed by atoms with E-state index in [1.807, 2.05) is 18.2 Å². The van der Waals surface area contributed by atoms with Crippen molar-refractivity contribution < 1.29 is 14.3 Å². The highest BCUT2D eigenvalue weighted by Crippen LogP contribution is 2.35. The molecule has 0 saturated heterocycles. The van der Waals surface area contributed by atoms with E-state index in [1.165, 1.54) is 0 Å². The molecule has 0 aromatic heterocycles. The van der Waals surface area contributed by atoms with E-state index in [0.29, 0.717) is 34.3 Å². The van der Waals surface area contributed by atoms with Crippen molar-refractivity contribution in [1.29, 1.82) is 0 Å². The van der Waals surface area contributed by atoms with Crippen molar-refractivity contribution in [2.24, 2.45) is 0 Å². The van der Waals surface area contributed by atoms with Gasteiger partial charge in [-0.2, -0.15) is 0 Å². The van der Waals surface area contributed by atoms with Crippen molar-refractivity contribution in [2.45, 2.75) is 6.54 Å². The van der Waals surface area contributed by atoms with Crippen LogP contribution in [0.1, 0.15) is 15.9 Å². The van der Waals surface area contributed by atoms with Gasteiger partial charge in [0.25, 0.3) is 5.91 Å². The molecule has 0 fully saturated rings. The fourth-order valence-electron chi connectivity index (χ4n) is 2.09. The molecule has 108 valence electrons. The first-order valence-electron chi connectivity index (χ1n) is 6.36. The lowest BCUT2D eigenvalue weighted by Crippen LogP contribution is -2.23. The molecule has 0 spiro atoms. The van der Waals surface area contributed by atoms with E-state index in [1.54, 1.807) is 18.2 Å². The van der Waals surface area contributed by atoms with Crippen LogP contribution in [0, 0.1) is 0 Å². The van der Waals surface area contributed by atoms with Gasteiger partial charge >= 0.3 is 0 Å². The third-order valence-corrected chi connectivity index (χ3v) is 3.52. The number of rotatable bonds is 3. The minimum Gasteiger partial charge on any atom is -0.454 e. The van der Waals surface area contributed by atoms with Crippen molar-refractivity contribution >= 4 is 23.2 Å². The Morgan fingerprint density at radius 3 is 2.95 bits per heavy atom. The van der Waals surface area contributed by atoms with Gasteiger partial charge < -0.3 is 20.5 Å². The molecule has 1 amide bonds. The zero-order valence-corrected chi connectivity index (χ0v) is 11.8. The molecule has 1 aliphatic heterocycles. The average molecular weight is 305 g/mol. The van der Waals surface area contributed by atoms with Crippen LogP contribution in [0.5, 0.6) is 11.5 Å². The third kappa shape index (κ3) is 2.73. The van der Waals surface area contributed by atoms with Crippen LogP contribution in [0.2, 0.25) is 5.02 Å². The van der Waals surface area contributed by atoms with E-state index in [9.17, 15) is 4.79 Å². The minimum atomic E-state index is -0.227. The monoisotopic (exact) mass is 304 g/mol. The molecule has 1 heterocycles. The number of para-hydroxylation sites is 1. The number of hydrogen-bond acceptors (Lipinski definition) is 4. The second-order valence-electron chi connectivity index (χ2n) is 4.57. The van der Waals surface area contributed by atoms with Gasteiger partial charge in [0.15, 0.2) is 11.5 Å². The molecular weight excluding hydrogens is 292 g/mol. The molecule has 2 aromatic rings. The van der Waals surface area contributed by atoms with E-state index < -0.39 is 0 Å². The van der Waals surface area contributed by atoms with Gasteiger partial charge in [-0.1, -0.05) is 23.7 Å². The summed E-state index contributed by atoms with van der Waals surface area (Å²) in [4.78, 5) is 12.1. The second-order valence-corrected chi connectivity index (χ2v) is 4.98. The van der Waals surface area contributed by atoms with Gasteiger partial charge in [0.2, 0.25) is 6.79 Å². The number of halogens is 1. The van der Waals surface area contributed by atoms with Gasteiger partial charge in [-0.15, -0.1) is 0 Å². The Morgan fingerprint density at radius 1 is 1.29 bits per heavy atom. The van der Waals surface area contributed by atoms with Gasteiger partial charge in [-0.3, -0.25) is 4.79 Å². The number of nitrogen functional groups attached to an aromatic ring is 1. The Balaban J connectivity index is 1.72. The van der Waals surface area contributed by atoms with E-state index in [4.69, 9.17) is 26.8 Å². The van der Waals surface area contributed by atoms with Crippen LogP contribution >= 0.6 is 11.6 Å². The van der Waals surface area contributed by atoms with E-state index in [0.717, 1.165) is 5.56 Å². The predicted molar refractivity (Wildman–Crippen MR) is 79.6 cm³/mol. The zero-order chi connectivity index (χ0) is 14.8. The second kappa shape index (κ2) is 5.54. The van der Waals surface area contributed by atoms with Gasteiger partial charge in [0.05, 0.1) is 10.7 Å². The molecule has 2 aromatic carbocycles. The summed E-state index contributed by atoms with van der Waals surface area (Å²) < 4.78 is 10.7. The number of carbonyl (C=O) groups excluding carboxylic acids is 1. The first kappa shape index (κ1) is 13.6. The van der Waals surface area contributed by atoms with E-state index in [-0.39, 0.29) is 12.7 Å². The Morgan fingerprint density at radius 2 is 2.14 bits per heavy atom. The molecule has 1 aliphatic rings. The van der Waals surface area contributed by atoms with Gasteiger partial charge in [-0.05, 0) is 24.3 Å². The van der Waals surface area contributed by atoms with Crippen molar-refractivity contribution in [3.63, 3.8) is 0 Å². The summed E-state index contributed by atoms with van der Waals surface area (Å²) in [7, 11) is 0. The normalized spacial score (nSPS) is 12.2. The van der Waals surface area contributed by atoms with Crippen LogP contribution in [0.25, 0.3) is 0 Å². The molecule has 0 unspecified atom stereocenters. The van der Waals surface area contributed by atoms with Crippen molar-refractivity contribution in [1.82, 2.24) is 5.32 Å². The SMILES string of the molecule is Nc1cc(C(=O)NCc2cccc3c2OCO3)ccc1Cl. The number of anilines is 1. The Hall–Kier alpha value is -2.40. The number of carbonyl (C=O) groups is 1. The van der Waals surface area contributed by atoms with Crippen LogP contribution < -0.4 is 20.5 Å². The van der Waals surface area contributed by atoms with Crippen LogP contribution in [0.4, 0.5) is 5.69 Å². The van der Waals surface area contributed by atoms with E-state index >= 15 is 0 Å². The lowest BCUT2D eigenvalue weighted by atomic mass is 10.1. The average Bonchev–Trinajstić information content (AvgIpc) is 2.96. The van der Waals surface area contributed by atoms with Crippen LogP contribution in [-0.4, -0.2) is 12.7 Å². The number of nitrogens with one attached hydrogen (secondary N) is 1. The number of ether oxygens (including phenoxy) is 2. The van der Waals surface area contributed by atoms with Crippen LogP contribution in [-0.2, 0) is 6.54 Å². The molecule has 3 N–H and O–H groups in total. The highest BCUT2D eigenvalue weighted by atomic mass is 35.5. The molecule has 6 heteroatoms. The predicted octanol–water partition coefficient (Wildman–Crippen LogP) is 2.58. The van der Waals surface area contributed by atoms with Crippen molar-refractivity contribution in [2.75, 3.05) is 12.5 Å². The summed E-state index contributed by atoms with van der Waals surface area (Å²) in [5.41, 5.74) is 7.39. The highest BCUT2D eigenvalue weighted by Gasteiger charge is 2.17. The summed E-state index contributed by atoms with van der Waals surface area (Å²) in [6, 6.07) is 10.3. The molecule has 3 rings (SSSR count). The fraction of sp³-hybridized carbons (Fsp3) is 0.133. The van der Waals surface area contributed by atoms with Gasteiger partial charge in [0.1, 0.15) is 0 Å². The number of hydrogen-bond donors (Lipinski definition) is 2. The number of amides is 1. The summed E-state index contributed by atoms with van der Waals surface area (Å²) >= 11 is 5.84. The summed E-state index contributed by atoms with van der Waals surface area (Å²) in [6.07, 6.45) is 0. The molecule has 0 radical (unpaired) electrons.